The molecule has 70 valence electrons. The number of amides is 2. The van der Waals surface area contributed by atoms with Crippen molar-refractivity contribution in [3.63, 3.8) is 0 Å². The Morgan fingerprint density at radius 3 is 2.85 bits per heavy atom. The Bertz CT molecular complexity index is 297. The summed E-state index contributed by atoms with van der Waals surface area (Å²) in [6.07, 6.45) is 0. The maximum absolute atomic E-state index is 11.2. The van der Waals surface area contributed by atoms with Crippen molar-refractivity contribution in [2.45, 2.75) is 0 Å². The number of nitrogens with one attached hydrogen (secondary N) is 2. The summed E-state index contributed by atoms with van der Waals surface area (Å²) in [7, 11) is 0. The van der Waals surface area contributed by atoms with Gasteiger partial charge in [-0.05, 0) is 11.4 Å². The van der Waals surface area contributed by atoms with Crippen molar-refractivity contribution in [1.82, 2.24) is 10.0 Å². The molecule has 0 atom stereocenters. The van der Waals surface area contributed by atoms with Crippen molar-refractivity contribution >= 4 is 36.0 Å². The Balaban J connectivity index is 2.39. The van der Waals surface area contributed by atoms with Crippen LogP contribution in [-0.4, -0.2) is 18.4 Å². The molecule has 13 heavy (non-hydrogen) atoms. The van der Waals surface area contributed by atoms with Crippen LogP contribution in [0.1, 0.15) is 9.67 Å². The van der Waals surface area contributed by atoms with E-state index in [0.717, 1.165) is 0 Å². The molecule has 0 aliphatic rings. The summed E-state index contributed by atoms with van der Waals surface area (Å²) in [4.78, 5) is 22.5. The van der Waals surface area contributed by atoms with Crippen molar-refractivity contribution in [3.8, 4) is 0 Å². The molecule has 1 heterocycles. The highest BCUT2D eigenvalue weighted by Crippen LogP contribution is 2.07. The first-order valence-corrected chi connectivity index (χ1v) is 4.81. The van der Waals surface area contributed by atoms with Crippen LogP contribution >= 0.6 is 24.2 Å². The summed E-state index contributed by atoms with van der Waals surface area (Å²) in [6.45, 7) is -0.0553. The van der Waals surface area contributed by atoms with Crippen LogP contribution in [0.4, 0.5) is 0 Å². The minimum absolute atomic E-state index is 0.0553. The van der Waals surface area contributed by atoms with Crippen LogP contribution in [0.15, 0.2) is 17.5 Å². The van der Waals surface area contributed by atoms with E-state index in [1.807, 2.05) is 0 Å². The molecule has 4 nitrogen and oxygen atoms in total. The molecule has 6 heteroatoms. The van der Waals surface area contributed by atoms with Gasteiger partial charge in [-0.1, -0.05) is 18.9 Å². The first-order chi connectivity index (χ1) is 6.24. The molecule has 0 bridgehead atoms. The highest BCUT2D eigenvalue weighted by atomic mass is 32.1. The van der Waals surface area contributed by atoms with Gasteiger partial charge in [0, 0.05) is 0 Å². The monoisotopic (exact) mass is 216 g/mol. The number of rotatable bonds is 3. The van der Waals surface area contributed by atoms with E-state index >= 15 is 0 Å². The maximum atomic E-state index is 11.2. The van der Waals surface area contributed by atoms with Gasteiger partial charge in [-0.2, -0.15) is 0 Å². The third-order valence-electron chi connectivity index (χ3n) is 1.28. The van der Waals surface area contributed by atoms with Crippen LogP contribution in [0.2, 0.25) is 0 Å². The number of hydrogen-bond acceptors (Lipinski definition) is 4. The number of hydrogen-bond donors (Lipinski definition) is 3. The molecule has 1 aromatic rings. The molecule has 0 unspecified atom stereocenters. The van der Waals surface area contributed by atoms with E-state index in [1.165, 1.54) is 11.3 Å². The van der Waals surface area contributed by atoms with Crippen molar-refractivity contribution in [1.29, 1.82) is 0 Å². The molecule has 0 saturated heterocycles. The molecule has 2 N–H and O–H groups in total. The minimum atomic E-state index is -0.340. The van der Waals surface area contributed by atoms with Gasteiger partial charge in [0.2, 0.25) is 5.91 Å². The normalized spacial score (nSPS) is 9.31. The zero-order chi connectivity index (χ0) is 9.68. The lowest BCUT2D eigenvalue weighted by Gasteiger charge is -2.00. The molecule has 0 aliphatic carbocycles. The zero-order valence-corrected chi connectivity index (χ0v) is 8.32. The summed E-state index contributed by atoms with van der Waals surface area (Å²) in [5.74, 6) is -0.583. The van der Waals surface area contributed by atoms with Crippen LogP contribution in [0.5, 0.6) is 0 Å². The fraction of sp³-hybridized carbons (Fsp3) is 0.143. The smallest absolute Gasteiger partial charge is 0.261 e. The average Bonchev–Trinajstić information content (AvgIpc) is 2.66. The van der Waals surface area contributed by atoms with Crippen LogP contribution in [0, 0.1) is 0 Å². The van der Waals surface area contributed by atoms with Gasteiger partial charge >= 0.3 is 0 Å². The van der Waals surface area contributed by atoms with Crippen LogP contribution in [0.25, 0.3) is 0 Å². The van der Waals surface area contributed by atoms with E-state index < -0.39 is 0 Å². The van der Waals surface area contributed by atoms with Gasteiger partial charge in [0.05, 0.1) is 11.4 Å². The van der Waals surface area contributed by atoms with E-state index in [4.69, 9.17) is 0 Å². The second-order valence-corrected chi connectivity index (χ2v) is 3.37. The Morgan fingerprint density at radius 1 is 1.54 bits per heavy atom. The third kappa shape index (κ3) is 3.08. The van der Waals surface area contributed by atoms with Crippen LogP contribution in [0.3, 0.4) is 0 Å². The van der Waals surface area contributed by atoms with Gasteiger partial charge in [0.15, 0.2) is 0 Å². The summed E-state index contributed by atoms with van der Waals surface area (Å²) in [6, 6.07) is 3.47. The minimum Gasteiger partial charge on any atom is -0.342 e. The van der Waals surface area contributed by atoms with Gasteiger partial charge in [-0.25, -0.2) is 0 Å². The van der Waals surface area contributed by atoms with Gasteiger partial charge in [-0.3, -0.25) is 9.59 Å². The predicted octanol–water partition coefficient (Wildman–Crippen LogP) is 0.439. The molecule has 1 rings (SSSR count). The second-order valence-electron chi connectivity index (χ2n) is 2.19. The van der Waals surface area contributed by atoms with Gasteiger partial charge < -0.3 is 10.0 Å². The molecule has 0 aliphatic heterocycles. The second kappa shape index (κ2) is 4.88. The molecule has 0 aromatic carbocycles. The zero-order valence-electron chi connectivity index (χ0n) is 6.61. The predicted molar refractivity (Wildman–Crippen MR) is 53.8 cm³/mol. The van der Waals surface area contributed by atoms with Gasteiger partial charge in [-0.15, -0.1) is 11.3 Å². The SMILES string of the molecule is O=C(CNC(=O)c1cccs1)NS. The molecule has 2 amide bonds. The van der Waals surface area contributed by atoms with Crippen molar-refractivity contribution in [2.24, 2.45) is 0 Å². The molecule has 0 spiro atoms. The summed E-state index contributed by atoms with van der Waals surface area (Å²) in [5, 5.41) is 4.25. The quantitative estimate of drug-likeness (QED) is 0.642. The Morgan fingerprint density at radius 2 is 2.31 bits per heavy atom. The van der Waals surface area contributed by atoms with Gasteiger partial charge in [0.25, 0.3) is 5.91 Å². The van der Waals surface area contributed by atoms with Crippen molar-refractivity contribution in [3.05, 3.63) is 22.4 Å². The van der Waals surface area contributed by atoms with Crippen molar-refractivity contribution < 1.29 is 9.59 Å². The average molecular weight is 216 g/mol. The van der Waals surface area contributed by atoms with Crippen LogP contribution < -0.4 is 10.0 Å². The summed E-state index contributed by atoms with van der Waals surface area (Å²) >= 11 is 4.87. The Labute approximate surface area is 84.9 Å². The van der Waals surface area contributed by atoms with E-state index in [0.29, 0.717) is 4.88 Å². The lowest BCUT2D eigenvalue weighted by molar-refractivity contribution is -0.118. The van der Waals surface area contributed by atoms with Crippen molar-refractivity contribution in [2.75, 3.05) is 6.54 Å². The fourth-order valence-electron chi connectivity index (χ4n) is 0.695. The first-order valence-electron chi connectivity index (χ1n) is 3.48. The number of carbonyl (C=O) groups excluding carboxylic acids is 2. The number of thiophene rings is 1. The Hall–Kier alpha value is -1.01. The highest BCUT2D eigenvalue weighted by molar-refractivity contribution is 7.78. The topological polar surface area (TPSA) is 58.2 Å². The van der Waals surface area contributed by atoms with Gasteiger partial charge in [0.1, 0.15) is 0 Å². The maximum Gasteiger partial charge on any atom is 0.261 e. The lowest BCUT2D eigenvalue weighted by Crippen LogP contribution is -2.33. The first kappa shape index (κ1) is 10.1. The Kier molecular flexibility index (Phi) is 3.78. The molecule has 0 radical (unpaired) electrons. The molecule has 1 aromatic heterocycles. The highest BCUT2D eigenvalue weighted by Gasteiger charge is 2.06. The fourth-order valence-corrected chi connectivity index (χ4v) is 1.41. The number of carbonyl (C=O) groups is 2. The summed E-state index contributed by atoms with van der Waals surface area (Å²) in [5.41, 5.74) is 0. The van der Waals surface area contributed by atoms with E-state index in [9.17, 15) is 9.59 Å². The summed E-state index contributed by atoms with van der Waals surface area (Å²) < 4.78 is 2.11. The largest absolute Gasteiger partial charge is 0.342 e. The molecular formula is C7H8N2O2S2. The molecule has 0 fully saturated rings. The van der Waals surface area contributed by atoms with E-state index in [2.05, 4.69) is 22.9 Å². The van der Waals surface area contributed by atoms with Crippen LogP contribution in [-0.2, 0) is 4.79 Å². The lowest BCUT2D eigenvalue weighted by atomic mass is 10.4. The number of thiol groups is 1. The third-order valence-corrected chi connectivity index (χ3v) is 2.40. The molecular weight excluding hydrogens is 208 g/mol. The van der Waals surface area contributed by atoms with E-state index in [-0.39, 0.29) is 18.4 Å². The van der Waals surface area contributed by atoms with E-state index in [1.54, 1.807) is 17.5 Å². The molecule has 0 saturated carbocycles. The standard InChI is InChI=1S/C7H8N2O2S2/c10-6(9-12)4-8-7(11)5-2-1-3-13-5/h1-3,12H,4H2,(H,8,11)(H,9,10).